The number of hydrogen-bond acceptors (Lipinski definition) is 3. The molecule has 24 heavy (non-hydrogen) atoms. The number of rotatable bonds is 5. The minimum absolute atomic E-state index is 0.0949. The molecule has 1 atom stereocenters. The zero-order valence-corrected chi connectivity index (χ0v) is 17.1. The van der Waals surface area contributed by atoms with E-state index in [1.807, 2.05) is 65.8 Å². The second kappa shape index (κ2) is 9.09. The summed E-state index contributed by atoms with van der Waals surface area (Å²) in [5, 5.41) is 6.11. The molecule has 0 saturated heterocycles. The number of nitrogens with zero attached hydrogens (tertiary/aromatic N) is 1. The molecule has 1 amide bonds. The Morgan fingerprint density at radius 2 is 2.00 bits per heavy atom. The maximum atomic E-state index is 11.9. The molecule has 0 fully saturated rings. The summed E-state index contributed by atoms with van der Waals surface area (Å²) in [6, 6.07) is 7.97. The summed E-state index contributed by atoms with van der Waals surface area (Å²) in [5.74, 6) is 0.244. The third kappa shape index (κ3) is 8.36. The number of amides is 1. The number of aliphatic imine (C=N–C) groups is 1. The van der Waals surface area contributed by atoms with Gasteiger partial charge in [0.15, 0.2) is 0 Å². The number of nitrogens with one attached hydrogen (secondary N) is 2. The number of aryl methyl sites for hydroxylation is 1. The van der Waals surface area contributed by atoms with E-state index < -0.39 is 11.7 Å². The van der Waals surface area contributed by atoms with Crippen molar-refractivity contribution in [2.75, 3.05) is 11.9 Å². The third-order valence-corrected chi connectivity index (χ3v) is 3.69. The Morgan fingerprint density at radius 3 is 2.54 bits per heavy atom. The van der Waals surface area contributed by atoms with Crippen LogP contribution in [-0.2, 0) is 4.74 Å². The van der Waals surface area contributed by atoms with Crippen molar-refractivity contribution in [1.29, 1.82) is 0 Å². The van der Waals surface area contributed by atoms with Gasteiger partial charge in [0, 0.05) is 0 Å². The minimum atomic E-state index is -0.509. The van der Waals surface area contributed by atoms with E-state index in [0.29, 0.717) is 11.3 Å². The first-order chi connectivity index (χ1) is 11.1. The normalized spacial score (nSPS) is 13.5. The Morgan fingerprint density at radius 1 is 1.33 bits per heavy atom. The molecule has 1 unspecified atom stereocenters. The monoisotopic (exact) mass is 398 g/mol. The van der Waals surface area contributed by atoms with E-state index in [0.717, 1.165) is 5.69 Å². The molecule has 1 radical (unpaired) electrons. The number of anilines is 1. The average Bonchev–Trinajstić information content (AvgIpc) is 2.41. The molecule has 0 heterocycles. The topological polar surface area (TPSA) is 62.7 Å². The van der Waals surface area contributed by atoms with Crippen LogP contribution in [0.25, 0.3) is 0 Å². The first-order valence-corrected chi connectivity index (χ1v) is 8.97. The molecule has 6 heteroatoms. The maximum absolute atomic E-state index is 11.9. The number of benzene rings is 1. The molecule has 0 aliphatic rings. The van der Waals surface area contributed by atoms with Gasteiger partial charge in [-0.05, 0) is 0 Å². The Labute approximate surface area is 153 Å². The van der Waals surface area contributed by atoms with Gasteiger partial charge in [0.05, 0.1) is 0 Å². The van der Waals surface area contributed by atoms with Crippen LogP contribution in [0, 0.1) is 12.8 Å². The van der Waals surface area contributed by atoms with Crippen molar-refractivity contribution in [3.05, 3.63) is 29.8 Å². The van der Waals surface area contributed by atoms with Gasteiger partial charge in [-0.2, -0.15) is 0 Å². The van der Waals surface area contributed by atoms with Crippen molar-refractivity contribution in [1.82, 2.24) is 5.32 Å². The molecule has 1 aromatic rings. The van der Waals surface area contributed by atoms with Gasteiger partial charge in [-0.15, -0.1) is 0 Å². The summed E-state index contributed by atoms with van der Waals surface area (Å²) >= 11 is 2.93. The fourth-order valence-electron chi connectivity index (χ4n) is 1.95. The molecule has 0 aliphatic carbocycles. The number of ether oxygens (including phenoxy) is 1. The quantitative estimate of drug-likeness (QED) is 0.454. The Bertz CT molecular complexity index is 580. The number of amidine groups is 1. The molecular weight excluding hydrogens is 369 g/mol. The van der Waals surface area contributed by atoms with E-state index >= 15 is 0 Å². The fourth-order valence-corrected chi connectivity index (χ4v) is 2.35. The summed E-state index contributed by atoms with van der Waals surface area (Å²) < 4.78 is 6.00. The van der Waals surface area contributed by atoms with Crippen LogP contribution in [0.1, 0.15) is 40.2 Å². The van der Waals surface area contributed by atoms with Crippen LogP contribution >= 0.6 is 0 Å². The van der Waals surface area contributed by atoms with Crippen LogP contribution in [0.15, 0.2) is 29.3 Å². The van der Waals surface area contributed by atoms with Crippen LogP contribution < -0.4 is 10.6 Å². The number of hydrogen-bond donors (Lipinski definition) is 2. The molecule has 0 spiro atoms. The van der Waals surface area contributed by atoms with E-state index in [2.05, 4.69) is 31.6 Å². The van der Waals surface area contributed by atoms with Crippen molar-refractivity contribution in [2.24, 2.45) is 10.9 Å². The van der Waals surface area contributed by atoms with Crippen LogP contribution in [0.4, 0.5) is 10.5 Å². The molecule has 5 nitrogen and oxygen atoms in total. The fraction of sp³-hybridized carbons (Fsp3) is 0.556. The molecule has 0 aromatic heterocycles. The van der Waals surface area contributed by atoms with Crippen LogP contribution in [0.2, 0.25) is 0 Å². The Hall–Kier alpha value is -1.52. The van der Waals surface area contributed by atoms with E-state index in [1.54, 1.807) is 0 Å². The van der Waals surface area contributed by atoms with Gasteiger partial charge in [-0.25, -0.2) is 0 Å². The first-order valence-electron chi connectivity index (χ1n) is 8.11. The van der Waals surface area contributed by atoms with Crippen molar-refractivity contribution < 1.29 is 9.53 Å². The van der Waals surface area contributed by atoms with Gasteiger partial charge >= 0.3 is 153 Å². The summed E-state index contributed by atoms with van der Waals surface area (Å²) in [7, 11) is 0. The second-order valence-electron chi connectivity index (χ2n) is 7.14. The summed E-state index contributed by atoms with van der Waals surface area (Å²) in [6.45, 7) is 12.1. The summed E-state index contributed by atoms with van der Waals surface area (Å²) in [6.07, 6.45) is -0.412. The van der Waals surface area contributed by atoms with Gasteiger partial charge in [0.25, 0.3) is 0 Å². The second-order valence-corrected chi connectivity index (χ2v) is 7.95. The van der Waals surface area contributed by atoms with E-state index in [4.69, 9.17) is 4.74 Å². The van der Waals surface area contributed by atoms with Gasteiger partial charge in [0.1, 0.15) is 0 Å². The predicted molar refractivity (Wildman–Crippen MR) is 101 cm³/mol. The van der Waals surface area contributed by atoms with Crippen molar-refractivity contribution in [3.8, 4) is 0 Å². The number of carbonyl (C=O) groups excluding carboxylic acids is 1. The van der Waals surface area contributed by atoms with Crippen LogP contribution in [0.5, 0.6) is 0 Å². The molecule has 133 valence electrons. The Balaban J connectivity index is 2.63. The molecule has 2 N–H and O–H groups in total. The SMILES string of the molecule is Cc1cccc(NC([Se])=NCC(NC(=O)OC(C)(C)C)C(C)C)c1. The van der Waals surface area contributed by atoms with Gasteiger partial charge in [-0.1, -0.05) is 0 Å². The number of alkyl carbamates (subject to hydrolysis) is 1. The zero-order chi connectivity index (χ0) is 18.3. The Kier molecular flexibility index (Phi) is 7.77. The van der Waals surface area contributed by atoms with Crippen molar-refractivity contribution >= 4 is 32.5 Å². The molecular formula is C18H28N3O2Se. The summed E-state index contributed by atoms with van der Waals surface area (Å²) in [4.78, 5) is 16.4. The first kappa shape index (κ1) is 20.5. The molecule has 0 bridgehead atoms. The van der Waals surface area contributed by atoms with Crippen molar-refractivity contribution in [3.63, 3.8) is 0 Å². The number of carbonyl (C=O) groups is 1. The average molecular weight is 397 g/mol. The molecule has 0 saturated carbocycles. The zero-order valence-electron chi connectivity index (χ0n) is 15.3. The predicted octanol–water partition coefficient (Wildman–Crippen LogP) is 3.48. The van der Waals surface area contributed by atoms with Gasteiger partial charge in [-0.3, -0.25) is 0 Å². The van der Waals surface area contributed by atoms with Gasteiger partial charge in [0.2, 0.25) is 0 Å². The standard InChI is InChI=1S/C18H28N3O2Se/c1-12(2)15(21-17(22)23-18(4,5)6)11-19-16(24)20-14-9-7-8-13(3)10-14/h7-10,12,15H,11H2,1-6H3,(H,19,20)(H,21,22). The van der Waals surface area contributed by atoms with Crippen molar-refractivity contribution in [2.45, 2.75) is 53.2 Å². The molecule has 0 aliphatic heterocycles. The van der Waals surface area contributed by atoms with Crippen LogP contribution in [0.3, 0.4) is 0 Å². The van der Waals surface area contributed by atoms with E-state index in [1.165, 1.54) is 5.56 Å². The van der Waals surface area contributed by atoms with Gasteiger partial charge < -0.3 is 0 Å². The summed E-state index contributed by atoms with van der Waals surface area (Å²) in [5.41, 5.74) is 1.65. The van der Waals surface area contributed by atoms with Crippen LogP contribution in [-0.4, -0.2) is 45.0 Å². The van der Waals surface area contributed by atoms with E-state index in [9.17, 15) is 4.79 Å². The third-order valence-electron chi connectivity index (χ3n) is 3.21. The molecule has 1 rings (SSSR count). The molecule has 1 aromatic carbocycles. The van der Waals surface area contributed by atoms with E-state index in [-0.39, 0.29) is 12.0 Å².